The third kappa shape index (κ3) is 2.05. The van der Waals surface area contributed by atoms with E-state index in [0.29, 0.717) is 17.5 Å². The fourth-order valence-electron chi connectivity index (χ4n) is 3.66. The highest BCUT2D eigenvalue weighted by atomic mass is 16.2. The fraction of sp³-hybridized carbons (Fsp3) is 0.263. The van der Waals surface area contributed by atoms with Crippen LogP contribution in [0.2, 0.25) is 0 Å². The van der Waals surface area contributed by atoms with Crippen molar-refractivity contribution in [2.24, 2.45) is 0 Å². The summed E-state index contributed by atoms with van der Waals surface area (Å²) in [6.45, 7) is 2.08. The molecule has 0 fully saturated rings. The third-order valence-electron chi connectivity index (χ3n) is 4.85. The maximum Gasteiger partial charge on any atom is 0.261 e. The van der Waals surface area contributed by atoms with Crippen molar-refractivity contribution in [2.75, 3.05) is 5.32 Å². The summed E-state index contributed by atoms with van der Waals surface area (Å²) in [5.41, 5.74) is 3.29. The van der Waals surface area contributed by atoms with E-state index in [9.17, 15) is 9.59 Å². The van der Waals surface area contributed by atoms with Crippen molar-refractivity contribution in [3.05, 3.63) is 65.2 Å². The topological polar surface area (TPSA) is 49.4 Å². The van der Waals surface area contributed by atoms with E-state index < -0.39 is 0 Å². The van der Waals surface area contributed by atoms with Gasteiger partial charge in [0.05, 0.1) is 17.2 Å². The molecule has 0 aromatic heterocycles. The number of hydrogen-bond donors (Lipinski definition) is 1. The van der Waals surface area contributed by atoms with Gasteiger partial charge in [0.25, 0.3) is 11.8 Å². The van der Waals surface area contributed by atoms with Gasteiger partial charge in [-0.15, -0.1) is 0 Å². The summed E-state index contributed by atoms with van der Waals surface area (Å²) in [5.74, 6) is -0.342. The number of hydrogen-bond acceptors (Lipinski definition) is 3. The van der Waals surface area contributed by atoms with E-state index >= 15 is 0 Å². The number of nitrogens with one attached hydrogen (secondary N) is 1. The van der Waals surface area contributed by atoms with Crippen LogP contribution >= 0.6 is 0 Å². The number of imide groups is 1. The minimum Gasteiger partial charge on any atom is -0.380 e. The molecule has 2 aliphatic rings. The van der Waals surface area contributed by atoms with Gasteiger partial charge < -0.3 is 5.32 Å². The molecule has 2 aromatic rings. The Morgan fingerprint density at radius 1 is 1.00 bits per heavy atom. The molecule has 2 atom stereocenters. The average molecular weight is 306 g/mol. The molecular weight excluding hydrogens is 288 g/mol. The lowest BCUT2D eigenvalue weighted by atomic mass is 9.90. The van der Waals surface area contributed by atoms with Gasteiger partial charge in [-0.05, 0) is 36.6 Å². The Morgan fingerprint density at radius 3 is 2.26 bits per heavy atom. The SMILES string of the molecule is CC[C@H]1Nc2ccccc2C[C@H]1N1C(=O)c2ccccc2C1=O. The molecule has 0 saturated heterocycles. The van der Waals surface area contributed by atoms with E-state index in [4.69, 9.17) is 0 Å². The molecule has 2 amide bonds. The highest BCUT2D eigenvalue weighted by molar-refractivity contribution is 6.21. The summed E-state index contributed by atoms with van der Waals surface area (Å²) in [5, 5.41) is 3.50. The normalized spacial score (nSPS) is 22.6. The van der Waals surface area contributed by atoms with Crippen LogP contribution in [-0.2, 0) is 6.42 Å². The molecule has 0 radical (unpaired) electrons. The van der Waals surface area contributed by atoms with Gasteiger partial charge in [0.2, 0.25) is 0 Å². The lowest BCUT2D eigenvalue weighted by Gasteiger charge is -2.38. The van der Waals surface area contributed by atoms with E-state index in [1.807, 2.05) is 12.1 Å². The number of nitrogens with zero attached hydrogens (tertiary/aromatic N) is 1. The van der Waals surface area contributed by atoms with Crippen molar-refractivity contribution >= 4 is 17.5 Å². The molecule has 4 rings (SSSR count). The van der Waals surface area contributed by atoms with Crippen LogP contribution < -0.4 is 5.32 Å². The van der Waals surface area contributed by atoms with Crippen molar-refractivity contribution in [3.63, 3.8) is 0 Å². The first-order valence-electron chi connectivity index (χ1n) is 8.02. The fourth-order valence-corrected chi connectivity index (χ4v) is 3.66. The molecule has 0 aliphatic carbocycles. The summed E-state index contributed by atoms with van der Waals surface area (Å²) in [4.78, 5) is 27.0. The van der Waals surface area contributed by atoms with E-state index in [2.05, 4.69) is 24.4 Å². The van der Waals surface area contributed by atoms with E-state index in [1.165, 1.54) is 4.90 Å². The van der Waals surface area contributed by atoms with Crippen molar-refractivity contribution < 1.29 is 9.59 Å². The average Bonchev–Trinajstić information content (AvgIpc) is 2.85. The van der Waals surface area contributed by atoms with Gasteiger partial charge >= 0.3 is 0 Å². The number of amides is 2. The molecular formula is C19H18N2O2. The Bertz CT molecular complexity index is 764. The van der Waals surface area contributed by atoms with Gasteiger partial charge in [0.15, 0.2) is 0 Å². The Balaban J connectivity index is 1.73. The highest BCUT2D eigenvalue weighted by Gasteiger charge is 2.43. The Hall–Kier alpha value is -2.62. The van der Waals surface area contributed by atoms with Crippen LogP contribution in [0.15, 0.2) is 48.5 Å². The Labute approximate surface area is 135 Å². The smallest absolute Gasteiger partial charge is 0.261 e. The van der Waals surface area contributed by atoms with Crippen LogP contribution in [0, 0.1) is 0 Å². The van der Waals surface area contributed by atoms with E-state index in [-0.39, 0.29) is 23.9 Å². The molecule has 0 spiro atoms. The minimum absolute atomic E-state index is 0.0760. The molecule has 0 unspecified atom stereocenters. The maximum absolute atomic E-state index is 12.8. The lowest BCUT2D eigenvalue weighted by molar-refractivity contribution is 0.0561. The molecule has 4 heteroatoms. The number of carbonyl (C=O) groups is 2. The molecule has 2 aliphatic heterocycles. The second-order valence-electron chi connectivity index (χ2n) is 6.11. The highest BCUT2D eigenvalue weighted by Crippen LogP contribution is 2.33. The molecule has 0 saturated carbocycles. The van der Waals surface area contributed by atoms with Gasteiger partial charge in [-0.25, -0.2) is 0 Å². The van der Waals surface area contributed by atoms with Gasteiger partial charge in [-0.3, -0.25) is 14.5 Å². The predicted octanol–water partition coefficient (Wildman–Crippen LogP) is 3.10. The summed E-state index contributed by atoms with van der Waals surface area (Å²) in [6, 6.07) is 15.1. The minimum atomic E-state index is -0.171. The molecule has 2 aromatic carbocycles. The quantitative estimate of drug-likeness (QED) is 0.867. The predicted molar refractivity (Wildman–Crippen MR) is 88.6 cm³/mol. The number of carbonyl (C=O) groups excluding carboxylic acids is 2. The maximum atomic E-state index is 12.8. The van der Waals surface area contributed by atoms with Crippen molar-refractivity contribution in [2.45, 2.75) is 31.8 Å². The molecule has 1 N–H and O–H groups in total. The van der Waals surface area contributed by atoms with Gasteiger partial charge in [-0.2, -0.15) is 0 Å². The third-order valence-corrected chi connectivity index (χ3v) is 4.85. The zero-order valence-corrected chi connectivity index (χ0v) is 13.0. The van der Waals surface area contributed by atoms with Crippen molar-refractivity contribution in [1.82, 2.24) is 4.90 Å². The van der Waals surface area contributed by atoms with Crippen LogP contribution in [0.4, 0.5) is 5.69 Å². The van der Waals surface area contributed by atoms with Crippen molar-refractivity contribution in [3.8, 4) is 0 Å². The first-order chi connectivity index (χ1) is 11.2. The zero-order valence-electron chi connectivity index (χ0n) is 13.0. The van der Waals surface area contributed by atoms with Crippen LogP contribution in [0.3, 0.4) is 0 Å². The first kappa shape index (κ1) is 14.0. The zero-order chi connectivity index (χ0) is 16.0. The number of rotatable bonds is 2. The largest absolute Gasteiger partial charge is 0.380 e. The number of para-hydroxylation sites is 1. The number of anilines is 1. The van der Waals surface area contributed by atoms with Gasteiger partial charge in [0, 0.05) is 11.7 Å². The van der Waals surface area contributed by atoms with E-state index in [1.54, 1.807) is 24.3 Å². The number of fused-ring (bicyclic) bond motifs is 2. The Morgan fingerprint density at radius 2 is 1.61 bits per heavy atom. The molecule has 0 bridgehead atoms. The van der Waals surface area contributed by atoms with Crippen LogP contribution in [0.5, 0.6) is 0 Å². The molecule has 2 heterocycles. The summed E-state index contributed by atoms with van der Waals surface area (Å²) < 4.78 is 0. The standard InChI is InChI=1S/C19H18N2O2/c1-2-15-17(11-12-7-3-6-10-16(12)20-15)21-18(22)13-8-4-5-9-14(13)19(21)23/h3-10,15,17,20H,2,11H2,1H3/t15-,17-/m1/s1. The molecule has 23 heavy (non-hydrogen) atoms. The summed E-state index contributed by atoms with van der Waals surface area (Å²) in [6.07, 6.45) is 1.56. The van der Waals surface area contributed by atoms with E-state index in [0.717, 1.165) is 17.7 Å². The summed E-state index contributed by atoms with van der Waals surface area (Å²) >= 11 is 0. The molecule has 4 nitrogen and oxygen atoms in total. The first-order valence-corrected chi connectivity index (χ1v) is 8.02. The van der Waals surface area contributed by atoms with Crippen molar-refractivity contribution in [1.29, 1.82) is 0 Å². The summed E-state index contributed by atoms with van der Waals surface area (Å²) in [7, 11) is 0. The van der Waals surface area contributed by atoms with Gasteiger partial charge in [-0.1, -0.05) is 37.3 Å². The van der Waals surface area contributed by atoms with Gasteiger partial charge in [0.1, 0.15) is 0 Å². The van der Waals surface area contributed by atoms with Crippen LogP contribution in [0.1, 0.15) is 39.6 Å². The Kier molecular flexibility index (Phi) is 3.18. The second-order valence-corrected chi connectivity index (χ2v) is 6.11. The van der Waals surface area contributed by atoms with Crippen LogP contribution in [-0.4, -0.2) is 28.8 Å². The van der Waals surface area contributed by atoms with Crippen LogP contribution in [0.25, 0.3) is 0 Å². The molecule has 116 valence electrons. The number of benzene rings is 2. The second kappa shape index (κ2) is 5.23. The monoisotopic (exact) mass is 306 g/mol. The lowest BCUT2D eigenvalue weighted by Crippen LogP contribution is -2.52.